The molecule has 4 N–H and O–H groups in total. The minimum absolute atomic E-state index is 0.884. The highest BCUT2D eigenvalue weighted by atomic mass is 14.6. The highest BCUT2D eigenvalue weighted by Gasteiger charge is 1.93. The first-order chi connectivity index (χ1) is 8.43. The summed E-state index contributed by atoms with van der Waals surface area (Å²) in [6.07, 6.45) is 0. The predicted molar refractivity (Wildman–Crippen MR) is 80.7 cm³/mol. The van der Waals surface area contributed by atoms with Crippen molar-refractivity contribution >= 4 is 11.4 Å². The number of benzene rings is 2. The lowest BCUT2D eigenvalue weighted by Gasteiger charge is -2.00. The molecule has 96 valence electrons. The molecule has 0 spiro atoms. The fourth-order valence-electron chi connectivity index (χ4n) is 1.55. The van der Waals surface area contributed by atoms with Crippen LogP contribution in [0.2, 0.25) is 0 Å². The molecule has 0 heterocycles. The standard InChI is InChI=1S/2C8H11N/c2*1-6-4-3-5-8(9)7(6)2/h2*3-5H,9H2,1-2H3. The Morgan fingerprint density at radius 3 is 1.17 bits per heavy atom. The van der Waals surface area contributed by atoms with Crippen molar-refractivity contribution in [2.24, 2.45) is 0 Å². The van der Waals surface area contributed by atoms with Gasteiger partial charge < -0.3 is 11.5 Å². The summed E-state index contributed by atoms with van der Waals surface area (Å²) in [6.45, 7) is 8.19. The van der Waals surface area contributed by atoms with Crippen LogP contribution in [0.3, 0.4) is 0 Å². The van der Waals surface area contributed by atoms with Crippen molar-refractivity contribution in [3.63, 3.8) is 0 Å². The van der Waals surface area contributed by atoms with Crippen molar-refractivity contribution in [1.82, 2.24) is 0 Å². The SMILES string of the molecule is Cc1cccc(N)c1C.Cc1cccc(N)c1C. The van der Waals surface area contributed by atoms with Gasteiger partial charge in [-0.05, 0) is 62.1 Å². The van der Waals surface area contributed by atoms with Crippen LogP contribution < -0.4 is 11.5 Å². The number of nitrogen functional groups attached to an aromatic ring is 2. The van der Waals surface area contributed by atoms with Gasteiger partial charge in [-0.15, -0.1) is 0 Å². The van der Waals surface area contributed by atoms with Crippen molar-refractivity contribution in [2.45, 2.75) is 27.7 Å². The van der Waals surface area contributed by atoms with E-state index in [9.17, 15) is 0 Å². The normalized spacial score (nSPS) is 9.56. The van der Waals surface area contributed by atoms with Gasteiger partial charge in [-0.2, -0.15) is 0 Å². The van der Waals surface area contributed by atoms with E-state index in [1.54, 1.807) is 0 Å². The second-order valence-corrected chi connectivity index (χ2v) is 4.58. The van der Waals surface area contributed by atoms with Gasteiger partial charge in [0.1, 0.15) is 0 Å². The molecule has 2 aromatic rings. The van der Waals surface area contributed by atoms with E-state index in [4.69, 9.17) is 11.5 Å². The molecule has 2 nitrogen and oxygen atoms in total. The number of hydrogen-bond acceptors (Lipinski definition) is 2. The third-order valence-electron chi connectivity index (χ3n) is 3.29. The largest absolute Gasteiger partial charge is 0.399 e. The fraction of sp³-hybridized carbons (Fsp3) is 0.250. The maximum atomic E-state index is 5.62. The first-order valence-electron chi connectivity index (χ1n) is 6.07. The molecule has 0 amide bonds. The van der Waals surface area contributed by atoms with Crippen LogP contribution in [0.5, 0.6) is 0 Å². The molecule has 18 heavy (non-hydrogen) atoms. The van der Waals surface area contributed by atoms with E-state index in [-0.39, 0.29) is 0 Å². The van der Waals surface area contributed by atoms with Crippen LogP contribution in [-0.4, -0.2) is 0 Å². The topological polar surface area (TPSA) is 52.0 Å². The van der Waals surface area contributed by atoms with Gasteiger partial charge in [0.25, 0.3) is 0 Å². The van der Waals surface area contributed by atoms with E-state index in [0.717, 1.165) is 11.4 Å². The molecule has 0 aliphatic carbocycles. The van der Waals surface area contributed by atoms with Gasteiger partial charge in [0, 0.05) is 11.4 Å². The molecule has 0 aliphatic heterocycles. The highest BCUT2D eigenvalue weighted by molar-refractivity contribution is 5.49. The quantitative estimate of drug-likeness (QED) is 0.691. The Morgan fingerprint density at radius 2 is 0.944 bits per heavy atom. The maximum Gasteiger partial charge on any atom is 0.0346 e. The molecule has 2 heteroatoms. The van der Waals surface area contributed by atoms with Gasteiger partial charge in [-0.25, -0.2) is 0 Å². The van der Waals surface area contributed by atoms with E-state index in [2.05, 4.69) is 26.0 Å². The van der Waals surface area contributed by atoms with Crippen molar-refractivity contribution in [1.29, 1.82) is 0 Å². The lowest BCUT2D eigenvalue weighted by Crippen LogP contribution is -1.90. The summed E-state index contributed by atoms with van der Waals surface area (Å²) in [5.41, 5.74) is 17.9. The van der Waals surface area contributed by atoms with E-state index in [1.165, 1.54) is 22.3 Å². The molecular formula is C16H22N2. The smallest absolute Gasteiger partial charge is 0.0346 e. The van der Waals surface area contributed by atoms with Crippen LogP contribution in [0, 0.1) is 27.7 Å². The zero-order valence-corrected chi connectivity index (χ0v) is 11.6. The van der Waals surface area contributed by atoms with E-state index in [0.29, 0.717) is 0 Å². The molecule has 0 unspecified atom stereocenters. The Balaban J connectivity index is 0.000000180. The number of nitrogens with two attached hydrogens (primary N) is 2. The van der Waals surface area contributed by atoms with Gasteiger partial charge in [-0.1, -0.05) is 24.3 Å². The van der Waals surface area contributed by atoms with Gasteiger partial charge >= 0.3 is 0 Å². The van der Waals surface area contributed by atoms with Crippen molar-refractivity contribution in [3.8, 4) is 0 Å². The molecule has 0 fully saturated rings. The molecule has 0 saturated heterocycles. The third-order valence-corrected chi connectivity index (χ3v) is 3.29. The highest BCUT2D eigenvalue weighted by Crippen LogP contribution is 2.13. The molecule has 2 aromatic carbocycles. The molecule has 0 aromatic heterocycles. The van der Waals surface area contributed by atoms with Crippen LogP contribution in [-0.2, 0) is 0 Å². The first kappa shape index (κ1) is 14.1. The molecule has 0 atom stereocenters. The van der Waals surface area contributed by atoms with Crippen LogP contribution in [0.4, 0.5) is 11.4 Å². The summed E-state index contributed by atoms with van der Waals surface area (Å²) in [4.78, 5) is 0. The molecule has 0 radical (unpaired) electrons. The van der Waals surface area contributed by atoms with Gasteiger partial charge in [-0.3, -0.25) is 0 Å². The number of aryl methyl sites for hydroxylation is 2. The monoisotopic (exact) mass is 242 g/mol. The lowest BCUT2D eigenvalue weighted by molar-refractivity contribution is 1.35. The van der Waals surface area contributed by atoms with E-state index in [1.807, 2.05) is 38.1 Å². The molecule has 0 aliphatic rings. The van der Waals surface area contributed by atoms with Crippen LogP contribution in [0.25, 0.3) is 0 Å². The minimum atomic E-state index is 0.884. The van der Waals surface area contributed by atoms with E-state index >= 15 is 0 Å². The molecular weight excluding hydrogens is 220 g/mol. The van der Waals surface area contributed by atoms with Crippen molar-refractivity contribution < 1.29 is 0 Å². The average Bonchev–Trinajstić information content (AvgIpc) is 2.34. The van der Waals surface area contributed by atoms with Crippen LogP contribution in [0.15, 0.2) is 36.4 Å². The summed E-state index contributed by atoms with van der Waals surface area (Å²) >= 11 is 0. The predicted octanol–water partition coefficient (Wildman–Crippen LogP) is 3.77. The molecule has 0 saturated carbocycles. The summed E-state index contributed by atoms with van der Waals surface area (Å²) in [5, 5.41) is 0. The summed E-state index contributed by atoms with van der Waals surface area (Å²) in [7, 11) is 0. The summed E-state index contributed by atoms with van der Waals surface area (Å²) < 4.78 is 0. The van der Waals surface area contributed by atoms with Gasteiger partial charge in [0.05, 0.1) is 0 Å². The van der Waals surface area contributed by atoms with Gasteiger partial charge in [0.2, 0.25) is 0 Å². The Bertz CT molecular complexity index is 441. The Morgan fingerprint density at radius 1 is 0.611 bits per heavy atom. The first-order valence-corrected chi connectivity index (χ1v) is 6.07. The van der Waals surface area contributed by atoms with Gasteiger partial charge in [0.15, 0.2) is 0 Å². The average molecular weight is 242 g/mol. The van der Waals surface area contributed by atoms with Crippen molar-refractivity contribution in [2.75, 3.05) is 11.5 Å². The third kappa shape index (κ3) is 3.52. The second-order valence-electron chi connectivity index (χ2n) is 4.58. The fourth-order valence-corrected chi connectivity index (χ4v) is 1.55. The molecule has 2 rings (SSSR count). The Kier molecular flexibility index (Phi) is 4.78. The zero-order valence-electron chi connectivity index (χ0n) is 11.6. The van der Waals surface area contributed by atoms with Crippen LogP contribution in [0.1, 0.15) is 22.3 Å². The van der Waals surface area contributed by atoms with E-state index < -0.39 is 0 Å². The summed E-state index contributed by atoms with van der Waals surface area (Å²) in [5.74, 6) is 0. The Labute approximate surface area is 110 Å². The number of hydrogen-bond donors (Lipinski definition) is 2. The zero-order chi connectivity index (χ0) is 13.7. The second kappa shape index (κ2) is 6.10. The number of anilines is 2. The van der Waals surface area contributed by atoms with Crippen molar-refractivity contribution in [3.05, 3.63) is 58.7 Å². The Hall–Kier alpha value is -1.96. The number of rotatable bonds is 0. The minimum Gasteiger partial charge on any atom is -0.399 e. The maximum absolute atomic E-state index is 5.62. The lowest BCUT2D eigenvalue weighted by atomic mass is 10.1. The molecule has 0 bridgehead atoms. The van der Waals surface area contributed by atoms with Crippen LogP contribution >= 0.6 is 0 Å². The summed E-state index contributed by atoms with van der Waals surface area (Å²) in [6, 6.07) is 11.9.